The second-order valence-electron chi connectivity index (χ2n) is 6.95. The van der Waals surface area contributed by atoms with E-state index in [0.29, 0.717) is 18.7 Å². The van der Waals surface area contributed by atoms with E-state index in [4.69, 9.17) is 0 Å². The Hall–Kier alpha value is -3.48. The minimum atomic E-state index is -0.0954. The fraction of sp³-hybridized carbons (Fsp3) is 0.238. The number of likely N-dealkylation sites (N-methyl/N-ethyl adjacent to an activating group) is 1. The molecular weight excluding hydrogens is 354 g/mol. The minimum absolute atomic E-state index is 0.0119. The zero-order chi connectivity index (χ0) is 19.7. The number of nitrogens with zero attached hydrogens (tertiary/aromatic N) is 3. The van der Waals surface area contributed by atoms with Crippen molar-refractivity contribution >= 4 is 34.6 Å². The molecule has 1 aliphatic heterocycles. The number of pyridine rings is 2. The van der Waals surface area contributed by atoms with Gasteiger partial charge in [0.15, 0.2) is 0 Å². The van der Waals surface area contributed by atoms with Crippen molar-refractivity contribution < 1.29 is 9.59 Å². The van der Waals surface area contributed by atoms with Crippen molar-refractivity contribution in [1.29, 1.82) is 0 Å². The SMILES string of the molecule is CC(c1c[nH]c2cnccc12)N(C)C(=O)C=Cc1cnc2c(c1)CCC(=O)N2. The van der Waals surface area contributed by atoms with Gasteiger partial charge in [-0.3, -0.25) is 14.6 Å². The highest BCUT2D eigenvalue weighted by molar-refractivity contribution is 5.94. The maximum absolute atomic E-state index is 12.7. The number of anilines is 1. The quantitative estimate of drug-likeness (QED) is 0.686. The van der Waals surface area contributed by atoms with Crippen molar-refractivity contribution in [2.24, 2.45) is 0 Å². The van der Waals surface area contributed by atoms with Crippen molar-refractivity contribution in [3.05, 3.63) is 59.7 Å². The van der Waals surface area contributed by atoms with Gasteiger partial charge in [0.05, 0.1) is 17.8 Å². The molecule has 0 saturated carbocycles. The maximum atomic E-state index is 12.7. The number of nitrogens with one attached hydrogen (secondary N) is 2. The Balaban J connectivity index is 1.49. The van der Waals surface area contributed by atoms with Crippen LogP contribution in [-0.4, -0.2) is 38.7 Å². The van der Waals surface area contributed by atoms with Gasteiger partial charge in [-0.1, -0.05) is 0 Å². The topological polar surface area (TPSA) is 91.0 Å². The van der Waals surface area contributed by atoms with Crippen LogP contribution in [0.3, 0.4) is 0 Å². The Morgan fingerprint density at radius 1 is 1.32 bits per heavy atom. The number of carbonyl (C=O) groups is 2. The van der Waals surface area contributed by atoms with Crippen LogP contribution in [0.5, 0.6) is 0 Å². The van der Waals surface area contributed by atoms with Gasteiger partial charge < -0.3 is 15.2 Å². The van der Waals surface area contributed by atoms with Crippen molar-refractivity contribution in [2.45, 2.75) is 25.8 Å². The molecule has 4 rings (SSSR count). The molecule has 0 aliphatic carbocycles. The number of carbonyl (C=O) groups excluding carboxylic acids is 2. The summed E-state index contributed by atoms with van der Waals surface area (Å²) in [6.45, 7) is 2.00. The van der Waals surface area contributed by atoms with Gasteiger partial charge in [-0.05, 0) is 48.2 Å². The van der Waals surface area contributed by atoms with Crippen LogP contribution in [0.1, 0.15) is 36.1 Å². The summed E-state index contributed by atoms with van der Waals surface area (Å²) in [5.41, 5.74) is 3.83. The highest BCUT2D eigenvalue weighted by atomic mass is 16.2. The molecule has 0 saturated heterocycles. The zero-order valence-corrected chi connectivity index (χ0v) is 15.8. The van der Waals surface area contributed by atoms with E-state index in [1.807, 2.05) is 25.3 Å². The van der Waals surface area contributed by atoms with Gasteiger partial charge in [0.2, 0.25) is 11.8 Å². The molecule has 2 N–H and O–H groups in total. The van der Waals surface area contributed by atoms with Gasteiger partial charge in [0.25, 0.3) is 0 Å². The molecule has 0 bridgehead atoms. The summed E-state index contributed by atoms with van der Waals surface area (Å²) in [4.78, 5) is 37.4. The van der Waals surface area contributed by atoms with Crippen LogP contribution in [0.25, 0.3) is 17.0 Å². The molecule has 0 spiro atoms. The fourth-order valence-corrected chi connectivity index (χ4v) is 3.39. The molecule has 1 unspecified atom stereocenters. The standard InChI is InChI=1S/C21H21N5O2/c1-13(17-11-23-18-12-22-8-7-16(17)18)26(2)20(28)6-3-14-9-15-4-5-19(27)25-21(15)24-10-14/h3,6-13,23H,4-5H2,1-2H3,(H,24,25,27). The number of rotatable bonds is 4. The highest BCUT2D eigenvalue weighted by Crippen LogP contribution is 2.27. The van der Waals surface area contributed by atoms with E-state index in [1.54, 1.807) is 42.7 Å². The second-order valence-corrected chi connectivity index (χ2v) is 6.95. The van der Waals surface area contributed by atoms with E-state index in [0.717, 1.165) is 27.6 Å². The Bertz CT molecular complexity index is 1090. The first-order valence-electron chi connectivity index (χ1n) is 9.17. The van der Waals surface area contributed by atoms with Crippen molar-refractivity contribution in [2.75, 3.05) is 12.4 Å². The van der Waals surface area contributed by atoms with Gasteiger partial charge in [-0.25, -0.2) is 4.98 Å². The third-order valence-electron chi connectivity index (χ3n) is 5.18. The summed E-state index contributed by atoms with van der Waals surface area (Å²) in [7, 11) is 1.79. The van der Waals surface area contributed by atoms with Crippen LogP contribution in [0, 0.1) is 0 Å². The number of H-pyrrole nitrogens is 1. The van der Waals surface area contributed by atoms with Crippen LogP contribution < -0.4 is 5.32 Å². The lowest BCUT2D eigenvalue weighted by molar-refractivity contribution is -0.126. The fourth-order valence-electron chi connectivity index (χ4n) is 3.39. The molecule has 0 fully saturated rings. The number of amides is 2. The average Bonchev–Trinajstić information content (AvgIpc) is 3.15. The lowest BCUT2D eigenvalue weighted by Crippen LogP contribution is -2.27. The largest absolute Gasteiger partial charge is 0.360 e. The molecule has 142 valence electrons. The van der Waals surface area contributed by atoms with Crippen molar-refractivity contribution in [3.8, 4) is 0 Å². The normalized spacial score (nSPS) is 14.7. The molecule has 3 aromatic rings. The van der Waals surface area contributed by atoms with Crippen LogP contribution in [-0.2, 0) is 16.0 Å². The summed E-state index contributed by atoms with van der Waals surface area (Å²) < 4.78 is 0. The summed E-state index contributed by atoms with van der Waals surface area (Å²) in [5, 5.41) is 3.82. The first-order valence-corrected chi connectivity index (χ1v) is 9.17. The van der Waals surface area contributed by atoms with Crippen LogP contribution in [0.4, 0.5) is 5.82 Å². The molecular formula is C21H21N5O2. The maximum Gasteiger partial charge on any atom is 0.246 e. The van der Waals surface area contributed by atoms with Crippen LogP contribution >= 0.6 is 0 Å². The van der Waals surface area contributed by atoms with Gasteiger partial charge in [0.1, 0.15) is 5.82 Å². The number of aryl methyl sites for hydroxylation is 1. The number of aromatic amines is 1. The van der Waals surface area contributed by atoms with Gasteiger partial charge in [-0.15, -0.1) is 0 Å². The molecule has 0 aromatic carbocycles. The van der Waals surface area contributed by atoms with Gasteiger partial charge in [0, 0.05) is 43.5 Å². The predicted molar refractivity (Wildman–Crippen MR) is 108 cm³/mol. The average molecular weight is 375 g/mol. The Labute approximate surface area is 162 Å². The Morgan fingerprint density at radius 2 is 2.18 bits per heavy atom. The van der Waals surface area contributed by atoms with E-state index >= 15 is 0 Å². The smallest absolute Gasteiger partial charge is 0.246 e. The molecule has 2 amide bonds. The summed E-state index contributed by atoms with van der Waals surface area (Å²) >= 11 is 0. The monoisotopic (exact) mass is 375 g/mol. The van der Waals surface area contributed by atoms with E-state index in [9.17, 15) is 9.59 Å². The molecule has 0 radical (unpaired) electrons. The van der Waals surface area contributed by atoms with E-state index in [-0.39, 0.29) is 17.9 Å². The lowest BCUT2D eigenvalue weighted by atomic mass is 10.0. The lowest BCUT2D eigenvalue weighted by Gasteiger charge is -2.23. The van der Waals surface area contributed by atoms with Crippen molar-refractivity contribution in [3.63, 3.8) is 0 Å². The number of fused-ring (bicyclic) bond motifs is 2. The van der Waals surface area contributed by atoms with Crippen LogP contribution in [0.2, 0.25) is 0 Å². The zero-order valence-electron chi connectivity index (χ0n) is 15.8. The predicted octanol–water partition coefficient (Wildman–Crippen LogP) is 3.08. The first kappa shape index (κ1) is 17.9. The number of aromatic nitrogens is 3. The second kappa shape index (κ2) is 7.26. The molecule has 3 aromatic heterocycles. The Morgan fingerprint density at radius 3 is 3.04 bits per heavy atom. The van der Waals surface area contributed by atoms with Gasteiger partial charge in [-0.2, -0.15) is 0 Å². The first-order chi connectivity index (χ1) is 13.5. The third kappa shape index (κ3) is 3.38. The number of hydrogen-bond acceptors (Lipinski definition) is 4. The summed E-state index contributed by atoms with van der Waals surface area (Å²) in [6.07, 6.45) is 11.5. The molecule has 7 nitrogen and oxygen atoms in total. The molecule has 7 heteroatoms. The molecule has 28 heavy (non-hydrogen) atoms. The Kier molecular flexibility index (Phi) is 4.65. The highest BCUT2D eigenvalue weighted by Gasteiger charge is 2.19. The van der Waals surface area contributed by atoms with Crippen LogP contribution in [0.15, 0.2) is 43.0 Å². The van der Waals surface area contributed by atoms with E-state index < -0.39 is 0 Å². The number of hydrogen-bond donors (Lipinski definition) is 2. The molecule has 1 atom stereocenters. The molecule has 1 aliphatic rings. The van der Waals surface area contributed by atoms with Gasteiger partial charge >= 0.3 is 0 Å². The summed E-state index contributed by atoms with van der Waals surface area (Å²) in [6, 6.07) is 3.82. The summed E-state index contributed by atoms with van der Waals surface area (Å²) in [5.74, 6) is 0.503. The van der Waals surface area contributed by atoms with E-state index in [2.05, 4.69) is 20.3 Å². The molecule has 4 heterocycles. The third-order valence-corrected chi connectivity index (χ3v) is 5.18. The van der Waals surface area contributed by atoms with E-state index in [1.165, 1.54) is 0 Å². The van der Waals surface area contributed by atoms with Crippen molar-refractivity contribution in [1.82, 2.24) is 19.9 Å². The minimum Gasteiger partial charge on any atom is -0.360 e.